The van der Waals surface area contributed by atoms with Gasteiger partial charge in [-0.05, 0) is 19.1 Å². The third-order valence-corrected chi connectivity index (χ3v) is 3.34. The Morgan fingerprint density at radius 1 is 1.38 bits per heavy atom. The number of anilines is 1. The van der Waals surface area contributed by atoms with Crippen molar-refractivity contribution in [1.29, 1.82) is 0 Å². The summed E-state index contributed by atoms with van der Waals surface area (Å²) in [6.45, 7) is 1.89. The Labute approximate surface area is 121 Å². The van der Waals surface area contributed by atoms with Crippen molar-refractivity contribution < 1.29 is 23.1 Å². The van der Waals surface area contributed by atoms with Crippen LogP contribution in [0.25, 0.3) is 0 Å². The highest BCUT2D eigenvalue weighted by Gasteiger charge is 2.33. The number of carboxylic acids is 1. The standard InChI is InChI=1S/C12H10F3N3O2S/c1-6-17-7(5-21-6)4-16-10-8(11(19)20)2-3-9(18-10)12(13,14)15/h2-3,5H,4H2,1H3,(H,16,18)(H,19,20). The Morgan fingerprint density at radius 3 is 2.62 bits per heavy atom. The van der Waals surface area contributed by atoms with Crippen molar-refractivity contribution in [3.05, 3.63) is 39.5 Å². The first-order chi connectivity index (χ1) is 9.77. The smallest absolute Gasteiger partial charge is 0.433 e. The summed E-state index contributed by atoms with van der Waals surface area (Å²) in [6, 6.07) is 1.52. The molecule has 0 aliphatic heterocycles. The van der Waals surface area contributed by atoms with Crippen LogP contribution in [0.5, 0.6) is 0 Å². The molecule has 9 heteroatoms. The highest BCUT2D eigenvalue weighted by atomic mass is 32.1. The molecule has 2 aromatic rings. The largest absolute Gasteiger partial charge is 0.478 e. The van der Waals surface area contributed by atoms with Crippen LogP contribution in [0.3, 0.4) is 0 Å². The molecule has 0 aliphatic carbocycles. The summed E-state index contributed by atoms with van der Waals surface area (Å²) >= 11 is 1.39. The molecule has 0 spiro atoms. The molecule has 2 N–H and O–H groups in total. The minimum atomic E-state index is -4.63. The van der Waals surface area contributed by atoms with E-state index in [0.717, 1.165) is 11.1 Å². The molecule has 0 amide bonds. The molecule has 0 saturated carbocycles. The summed E-state index contributed by atoms with van der Waals surface area (Å²) in [4.78, 5) is 18.5. The van der Waals surface area contributed by atoms with Gasteiger partial charge in [-0.1, -0.05) is 0 Å². The second kappa shape index (κ2) is 5.68. The van der Waals surface area contributed by atoms with Crippen molar-refractivity contribution in [3.8, 4) is 0 Å². The monoisotopic (exact) mass is 317 g/mol. The molecule has 112 valence electrons. The summed E-state index contributed by atoms with van der Waals surface area (Å²) in [5, 5.41) is 14.1. The SMILES string of the molecule is Cc1nc(CNc2nc(C(F)(F)F)ccc2C(=O)O)cs1. The topological polar surface area (TPSA) is 75.1 Å². The lowest BCUT2D eigenvalue weighted by atomic mass is 10.2. The van der Waals surface area contributed by atoms with Crippen LogP contribution in [0.2, 0.25) is 0 Å². The van der Waals surface area contributed by atoms with Crippen LogP contribution in [-0.2, 0) is 12.7 Å². The van der Waals surface area contributed by atoms with Gasteiger partial charge in [0.1, 0.15) is 17.1 Å². The van der Waals surface area contributed by atoms with Gasteiger partial charge in [-0.15, -0.1) is 11.3 Å². The number of aromatic nitrogens is 2. The molecule has 0 atom stereocenters. The van der Waals surface area contributed by atoms with E-state index >= 15 is 0 Å². The van der Waals surface area contributed by atoms with Gasteiger partial charge in [-0.25, -0.2) is 14.8 Å². The van der Waals surface area contributed by atoms with Gasteiger partial charge in [0, 0.05) is 5.38 Å². The number of aryl methyl sites for hydroxylation is 1. The lowest BCUT2D eigenvalue weighted by molar-refractivity contribution is -0.141. The number of halogens is 3. The van der Waals surface area contributed by atoms with Gasteiger partial charge in [-0.2, -0.15) is 13.2 Å². The first-order valence-electron chi connectivity index (χ1n) is 5.74. The zero-order valence-corrected chi connectivity index (χ0v) is 11.5. The number of nitrogens with zero attached hydrogens (tertiary/aromatic N) is 2. The Bertz CT molecular complexity index is 670. The Balaban J connectivity index is 2.28. The molecule has 2 heterocycles. The number of rotatable bonds is 4. The van der Waals surface area contributed by atoms with Gasteiger partial charge in [-0.3, -0.25) is 0 Å². The number of thiazole rings is 1. The summed E-state index contributed by atoms with van der Waals surface area (Å²) in [5.41, 5.74) is -0.868. The molecule has 0 saturated heterocycles. The third-order valence-electron chi connectivity index (χ3n) is 2.52. The zero-order chi connectivity index (χ0) is 15.6. The number of alkyl halides is 3. The number of aromatic carboxylic acids is 1. The van der Waals surface area contributed by atoms with Crippen molar-refractivity contribution in [2.24, 2.45) is 0 Å². The Hall–Kier alpha value is -2.16. The fourth-order valence-corrected chi connectivity index (χ4v) is 2.20. The van der Waals surface area contributed by atoms with Gasteiger partial charge in [0.25, 0.3) is 0 Å². The average molecular weight is 317 g/mol. The number of carboxylic acid groups (broad SMARTS) is 1. The molecule has 0 aromatic carbocycles. The van der Waals surface area contributed by atoms with E-state index in [0.29, 0.717) is 11.8 Å². The normalized spacial score (nSPS) is 11.4. The average Bonchev–Trinajstić information content (AvgIpc) is 2.80. The zero-order valence-electron chi connectivity index (χ0n) is 10.7. The van der Waals surface area contributed by atoms with Crippen molar-refractivity contribution in [2.75, 3.05) is 5.32 Å². The van der Waals surface area contributed by atoms with Crippen LogP contribution < -0.4 is 5.32 Å². The fourth-order valence-electron chi connectivity index (χ4n) is 1.59. The van der Waals surface area contributed by atoms with Crippen LogP contribution in [0.1, 0.15) is 26.8 Å². The predicted octanol–water partition coefficient (Wildman–Crippen LogP) is 3.18. The maximum atomic E-state index is 12.6. The van der Waals surface area contributed by atoms with Crippen LogP contribution in [0.4, 0.5) is 19.0 Å². The Morgan fingerprint density at radius 2 is 2.10 bits per heavy atom. The summed E-state index contributed by atoms with van der Waals surface area (Å²) in [7, 11) is 0. The maximum Gasteiger partial charge on any atom is 0.433 e. The third kappa shape index (κ3) is 3.69. The molecule has 2 aromatic heterocycles. The highest BCUT2D eigenvalue weighted by Crippen LogP contribution is 2.29. The van der Waals surface area contributed by atoms with Crippen LogP contribution in [0.15, 0.2) is 17.5 Å². The van der Waals surface area contributed by atoms with Crippen molar-refractivity contribution in [1.82, 2.24) is 9.97 Å². The summed E-state index contributed by atoms with van der Waals surface area (Å²) in [6.07, 6.45) is -4.63. The second-order valence-electron chi connectivity index (χ2n) is 4.11. The number of nitrogens with one attached hydrogen (secondary N) is 1. The summed E-state index contributed by atoms with van der Waals surface area (Å²) < 4.78 is 37.9. The highest BCUT2D eigenvalue weighted by molar-refractivity contribution is 7.09. The number of hydrogen-bond donors (Lipinski definition) is 2. The van der Waals surface area contributed by atoms with E-state index in [-0.39, 0.29) is 17.9 Å². The lowest BCUT2D eigenvalue weighted by Gasteiger charge is -2.11. The maximum absolute atomic E-state index is 12.6. The molecule has 0 unspecified atom stereocenters. The van der Waals surface area contributed by atoms with E-state index in [9.17, 15) is 18.0 Å². The lowest BCUT2D eigenvalue weighted by Crippen LogP contribution is -2.14. The predicted molar refractivity (Wildman–Crippen MR) is 70.4 cm³/mol. The van der Waals surface area contributed by atoms with E-state index in [4.69, 9.17) is 5.11 Å². The van der Waals surface area contributed by atoms with Gasteiger partial charge in [0.15, 0.2) is 0 Å². The van der Waals surface area contributed by atoms with Gasteiger partial charge in [0.05, 0.1) is 17.2 Å². The molecular formula is C12H10F3N3O2S. The minimum absolute atomic E-state index is 0.0962. The molecule has 0 bridgehead atoms. The van der Waals surface area contributed by atoms with Crippen LogP contribution in [0, 0.1) is 6.92 Å². The quantitative estimate of drug-likeness (QED) is 0.906. The van der Waals surface area contributed by atoms with Crippen molar-refractivity contribution in [3.63, 3.8) is 0 Å². The number of hydrogen-bond acceptors (Lipinski definition) is 5. The van der Waals surface area contributed by atoms with Crippen LogP contribution >= 0.6 is 11.3 Å². The van der Waals surface area contributed by atoms with Gasteiger partial charge < -0.3 is 10.4 Å². The fraction of sp³-hybridized carbons (Fsp3) is 0.250. The number of pyridine rings is 1. The first kappa shape index (κ1) is 15.2. The van der Waals surface area contributed by atoms with Gasteiger partial charge >= 0.3 is 12.1 Å². The van der Waals surface area contributed by atoms with E-state index in [1.165, 1.54) is 11.3 Å². The van der Waals surface area contributed by atoms with Gasteiger partial charge in [0.2, 0.25) is 0 Å². The minimum Gasteiger partial charge on any atom is -0.478 e. The van der Waals surface area contributed by atoms with E-state index in [1.54, 1.807) is 12.3 Å². The number of carbonyl (C=O) groups is 1. The molecular weight excluding hydrogens is 307 g/mol. The Kier molecular flexibility index (Phi) is 4.12. The van der Waals surface area contributed by atoms with Crippen molar-refractivity contribution in [2.45, 2.75) is 19.6 Å². The molecule has 0 aliphatic rings. The molecule has 2 rings (SSSR count). The van der Waals surface area contributed by atoms with E-state index in [1.807, 2.05) is 0 Å². The molecule has 5 nitrogen and oxygen atoms in total. The first-order valence-corrected chi connectivity index (χ1v) is 6.62. The summed E-state index contributed by atoms with van der Waals surface area (Å²) in [5.74, 6) is -1.68. The van der Waals surface area contributed by atoms with Crippen molar-refractivity contribution >= 4 is 23.1 Å². The second-order valence-corrected chi connectivity index (χ2v) is 5.17. The van der Waals surface area contributed by atoms with E-state index < -0.39 is 17.8 Å². The molecule has 0 radical (unpaired) electrons. The molecule has 0 fully saturated rings. The van der Waals surface area contributed by atoms with Crippen LogP contribution in [-0.4, -0.2) is 21.0 Å². The van der Waals surface area contributed by atoms with E-state index in [2.05, 4.69) is 15.3 Å². The molecule has 21 heavy (non-hydrogen) atoms.